The van der Waals surface area contributed by atoms with Crippen LogP contribution in [0, 0.1) is 0 Å². The second-order valence-corrected chi connectivity index (χ2v) is 4.53. The molecule has 2 aromatic rings. The highest BCUT2D eigenvalue weighted by Gasteiger charge is 2.10. The molecule has 0 saturated carbocycles. The Hall–Kier alpha value is -1.42. The Labute approximate surface area is 106 Å². The Morgan fingerprint density at radius 1 is 1.41 bits per heavy atom. The predicted octanol–water partition coefficient (Wildman–Crippen LogP) is 2.45. The number of aromatic nitrogens is 1. The third-order valence-corrected chi connectivity index (χ3v) is 3.06. The van der Waals surface area contributed by atoms with Gasteiger partial charge in [0.2, 0.25) is 5.91 Å². The second-order valence-electron chi connectivity index (χ2n) is 4.08. The molecule has 1 heterocycles. The van der Waals surface area contributed by atoms with Gasteiger partial charge >= 0.3 is 0 Å². The Morgan fingerprint density at radius 3 is 2.94 bits per heavy atom. The van der Waals surface area contributed by atoms with Crippen LogP contribution in [0.3, 0.4) is 0 Å². The maximum atomic E-state index is 11.7. The molecule has 3 nitrogen and oxygen atoms in total. The van der Waals surface area contributed by atoms with Gasteiger partial charge in [-0.15, -0.1) is 0 Å². The quantitative estimate of drug-likeness (QED) is 0.801. The van der Waals surface area contributed by atoms with E-state index in [9.17, 15) is 4.79 Å². The van der Waals surface area contributed by atoms with Crippen molar-refractivity contribution in [3.63, 3.8) is 0 Å². The minimum atomic E-state index is 0.130. The van der Waals surface area contributed by atoms with Gasteiger partial charge in [-0.1, -0.05) is 18.2 Å². The first-order chi connectivity index (χ1) is 8.22. The summed E-state index contributed by atoms with van der Waals surface area (Å²) >= 11 is 4.07. The summed E-state index contributed by atoms with van der Waals surface area (Å²) in [7, 11) is 1.83. The first kappa shape index (κ1) is 12.0. The van der Waals surface area contributed by atoms with Crippen molar-refractivity contribution in [3.8, 4) is 0 Å². The molecule has 0 unspecified atom stereocenters. The van der Waals surface area contributed by atoms with Crippen LogP contribution in [0.5, 0.6) is 0 Å². The minimum Gasteiger partial charge on any atom is -0.361 e. The number of aromatic amines is 1. The number of amides is 1. The first-order valence-electron chi connectivity index (χ1n) is 5.62. The topological polar surface area (TPSA) is 36.1 Å². The van der Waals surface area contributed by atoms with Gasteiger partial charge in [-0.05, 0) is 17.4 Å². The Balaban J connectivity index is 2.16. The molecule has 17 heavy (non-hydrogen) atoms. The minimum absolute atomic E-state index is 0.130. The number of hydrogen-bond acceptors (Lipinski definition) is 2. The number of H-pyrrole nitrogens is 1. The molecule has 2 rings (SSSR count). The Morgan fingerprint density at radius 2 is 2.18 bits per heavy atom. The molecule has 0 atom stereocenters. The van der Waals surface area contributed by atoms with Crippen LogP contribution in [0.4, 0.5) is 0 Å². The summed E-state index contributed by atoms with van der Waals surface area (Å²) in [5.74, 6) is 0.724. The molecule has 0 bridgehead atoms. The highest BCUT2D eigenvalue weighted by molar-refractivity contribution is 7.80. The second kappa shape index (κ2) is 5.27. The van der Waals surface area contributed by atoms with E-state index in [-0.39, 0.29) is 5.91 Å². The van der Waals surface area contributed by atoms with E-state index in [0.29, 0.717) is 18.7 Å². The SMILES string of the molecule is CN(Cc1c[nH]c2ccccc12)C(=O)CCS. The average molecular weight is 248 g/mol. The van der Waals surface area contributed by atoms with Crippen molar-refractivity contribution in [1.29, 1.82) is 0 Å². The van der Waals surface area contributed by atoms with Crippen molar-refractivity contribution in [2.24, 2.45) is 0 Å². The van der Waals surface area contributed by atoms with E-state index in [4.69, 9.17) is 0 Å². The maximum Gasteiger partial charge on any atom is 0.223 e. The number of para-hydroxylation sites is 1. The van der Waals surface area contributed by atoms with Crippen LogP contribution in [0.2, 0.25) is 0 Å². The molecular weight excluding hydrogens is 232 g/mol. The van der Waals surface area contributed by atoms with Crippen LogP contribution in [-0.2, 0) is 11.3 Å². The lowest BCUT2D eigenvalue weighted by Gasteiger charge is -2.16. The van der Waals surface area contributed by atoms with Gasteiger partial charge < -0.3 is 9.88 Å². The van der Waals surface area contributed by atoms with E-state index in [1.165, 1.54) is 5.39 Å². The number of thiol groups is 1. The smallest absolute Gasteiger partial charge is 0.223 e. The number of carbonyl (C=O) groups is 1. The van der Waals surface area contributed by atoms with Crippen LogP contribution < -0.4 is 0 Å². The molecule has 4 heteroatoms. The van der Waals surface area contributed by atoms with Gasteiger partial charge in [0.1, 0.15) is 0 Å². The van der Waals surface area contributed by atoms with Crippen LogP contribution in [0.15, 0.2) is 30.5 Å². The third kappa shape index (κ3) is 2.64. The first-order valence-corrected chi connectivity index (χ1v) is 6.25. The Kier molecular flexibility index (Phi) is 3.74. The standard InChI is InChI=1S/C13H16N2OS/c1-15(13(16)6-7-17)9-10-8-14-12-5-3-2-4-11(10)12/h2-5,8,14,17H,6-7,9H2,1H3. The lowest BCUT2D eigenvalue weighted by Crippen LogP contribution is -2.26. The molecule has 0 spiro atoms. The number of carbonyl (C=O) groups excluding carboxylic acids is 1. The monoisotopic (exact) mass is 248 g/mol. The maximum absolute atomic E-state index is 11.7. The largest absolute Gasteiger partial charge is 0.361 e. The van der Waals surface area contributed by atoms with Crippen molar-refractivity contribution in [2.75, 3.05) is 12.8 Å². The molecule has 1 aromatic carbocycles. The van der Waals surface area contributed by atoms with Gasteiger partial charge in [-0.3, -0.25) is 4.79 Å². The molecule has 1 N–H and O–H groups in total. The molecule has 0 radical (unpaired) electrons. The van der Waals surface area contributed by atoms with E-state index < -0.39 is 0 Å². The molecule has 1 amide bonds. The zero-order valence-electron chi connectivity index (χ0n) is 9.81. The fourth-order valence-electron chi connectivity index (χ4n) is 1.89. The lowest BCUT2D eigenvalue weighted by molar-refractivity contribution is -0.129. The van der Waals surface area contributed by atoms with E-state index in [1.54, 1.807) is 4.90 Å². The van der Waals surface area contributed by atoms with Crippen molar-refractivity contribution < 1.29 is 4.79 Å². The van der Waals surface area contributed by atoms with Gasteiger partial charge in [0.15, 0.2) is 0 Å². The molecular formula is C13H16N2OS. The van der Waals surface area contributed by atoms with Crippen molar-refractivity contribution >= 4 is 29.4 Å². The number of nitrogens with zero attached hydrogens (tertiary/aromatic N) is 1. The Bertz CT molecular complexity index is 521. The molecule has 0 aliphatic carbocycles. The number of benzene rings is 1. The molecule has 90 valence electrons. The fraction of sp³-hybridized carbons (Fsp3) is 0.308. The van der Waals surface area contributed by atoms with E-state index in [2.05, 4.69) is 23.7 Å². The third-order valence-electron chi connectivity index (χ3n) is 2.83. The highest BCUT2D eigenvalue weighted by atomic mass is 32.1. The number of nitrogens with one attached hydrogen (secondary N) is 1. The van der Waals surface area contributed by atoms with Crippen LogP contribution in [-0.4, -0.2) is 28.6 Å². The van der Waals surface area contributed by atoms with E-state index >= 15 is 0 Å². The molecule has 0 aliphatic heterocycles. The van der Waals surface area contributed by atoms with E-state index in [0.717, 1.165) is 11.1 Å². The summed E-state index contributed by atoms with van der Waals surface area (Å²) in [6.45, 7) is 0.636. The zero-order chi connectivity index (χ0) is 12.3. The van der Waals surface area contributed by atoms with Crippen LogP contribution in [0.1, 0.15) is 12.0 Å². The number of fused-ring (bicyclic) bond motifs is 1. The highest BCUT2D eigenvalue weighted by Crippen LogP contribution is 2.19. The molecule has 0 fully saturated rings. The number of rotatable bonds is 4. The summed E-state index contributed by atoms with van der Waals surface area (Å²) in [6, 6.07) is 8.11. The van der Waals surface area contributed by atoms with Gasteiger partial charge in [0, 0.05) is 37.1 Å². The van der Waals surface area contributed by atoms with Crippen molar-refractivity contribution in [1.82, 2.24) is 9.88 Å². The molecule has 1 aromatic heterocycles. The average Bonchev–Trinajstić information content (AvgIpc) is 2.73. The summed E-state index contributed by atoms with van der Waals surface area (Å²) in [4.78, 5) is 16.6. The van der Waals surface area contributed by atoms with Crippen molar-refractivity contribution in [3.05, 3.63) is 36.0 Å². The van der Waals surface area contributed by atoms with Crippen molar-refractivity contribution in [2.45, 2.75) is 13.0 Å². The molecule has 0 aliphatic rings. The van der Waals surface area contributed by atoms with Gasteiger partial charge in [0.05, 0.1) is 0 Å². The van der Waals surface area contributed by atoms with Crippen LogP contribution in [0.25, 0.3) is 10.9 Å². The van der Waals surface area contributed by atoms with Gasteiger partial charge in [-0.2, -0.15) is 12.6 Å². The zero-order valence-corrected chi connectivity index (χ0v) is 10.7. The van der Waals surface area contributed by atoms with E-state index in [1.807, 2.05) is 31.4 Å². The fourth-order valence-corrected chi connectivity index (χ4v) is 2.08. The normalized spacial score (nSPS) is 10.7. The summed E-state index contributed by atoms with van der Waals surface area (Å²) in [6.07, 6.45) is 2.46. The van der Waals surface area contributed by atoms with Gasteiger partial charge in [-0.25, -0.2) is 0 Å². The van der Waals surface area contributed by atoms with Gasteiger partial charge in [0.25, 0.3) is 0 Å². The summed E-state index contributed by atoms with van der Waals surface area (Å²) < 4.78 is 0. The van der Waals surface area contributed by atoms with Crippen LogP contribution >= 0.6 is 12.6 Å². The lowest BCUT2D eigenvalue weighted by atomic mass is 10.1. The summed E-state index contributed by atoms with van der Waals surface area (Å²) in [5.41, 5.74) is 2.26. The predicted molar refractivity (Wildman–Crippen MR) is 73.2 cm³/mol. The number of hydrogen-bond donors (Lipinski definition) is 2. The summed E-state index contributed by atoms with van der Waals surface area (Å²) in [5, 5.41) is 1.18. The molecule has 0 saturated heterocycles.